The zero-order chi connectivity index (χ0) is 23.8. The monoisotopic (exact) mass is 486 g/mol. The van der Waals surface area contributed by atoms with Crippen molar-refractivity contribution in [2.75, 3.05) is 17.7 Å². The maximum atomic E-state index is 14.1. The van der Waals surface area contributed by atoms with Crippen LogP contribution in [0.1, 0.15) is 5.56 Å². The van der Waals surface area contributed by atoms with E-state index in [0.29, 0.717) is 22.4 Å². The van der Waals surface area contributed by atoms with Crippen molar-refractivity contribution >= 4 is 49.5 Å². The highest BCUT2D eigenvalue weighted by Gasteiger charge is 2.19. The van der Waals surface area contributed by atoms with E-state index in [1.807, 2.05) is 4.72 Å². The lowest BCUT2D eigenvalue weighted by Crippen LogP contribution is -2.33. The summed E-state index contributed by atoms with van der Waals surface area (Å²) in [5.41, 5.74) is 1.50. The van der Waals surface area contributed by atoms with Gasteiger partial charge >= 0.3 is 6.03 Å². The molecule has 0 radical (unpaired) electrons. The van der Waals surface area contributed by atoms with Crippen LogP contribution in [0.25, 0.3) is 16.5 Å². The van der Waals surface area contributed by atoms with Crippen LogP contribution in [0.15, 0.2) is 69.1 Å². The number of carbonyl (C=O) groups excluding carboxylic acids is 1. The third-order valence-electron chi connectivity index (χ3n) is 4.86. The van der Waals surface area contributed by atoms with Crippen molar-refractivity contribution in [3.63, 3.8) is 0 Å². The second kappa shape index (κ2) is 8.68. The van der Waals surface area contributed by atoms with Gasteiger partial charge in [-0.1, -0.05) is 0 Å². The molecule has 170 valence electrons. The molecule has 2 heterocycles. The summed E-state index contributed by atoms with van der Waals surface area (Å²) in [6.45, 7) is 1.76. The number of pyridine rings is 1. The normalized spacial score (nSPS) is 11.4. The number of rotatable bonds is 5. The Morgan fingerprint density at radius 2 is 1.82 bits per heavy atom. The molecular formula is C22H19FN4O4S2. The summed E-state index contributed by atoms with van der Waals surface area (Å²) in [6, 6.07) is 11.2. The van der Waals surface area contributed by atoms with Gasteiger partial charge in [0.25, 0.3) is 15.6 Å². The van der Waals surface area contributed by atoms with Crippen LogP contribution >= 0.6 is 11.3 Å². The molecule has 4 rings (SSSR count). The lowest BCUT2D eigenvalue weighted by Gasteiger charge is -2.11. The summed E-state index contributed by atoms with van der Waals surface area (Å²) >= 11 is 1.02. The molecule has 0 aliphatic rings. The summed E-state index contributed by atoms with van der Waals surface area (Å²) < 4.78 is 42.0. The van der Waals surface area contributed by atoms with Crippen LogP contribution in [0.2, 0.25) is 0 Å². The predicted molar refractivity (Wildman–Crippen MR) is 127 cm³/mol. The highest BCUT2D eigenvalue weighted by atomic mass is 32.2. The van der Waals surface area contributed by atoms with Crippen molar-refractivity contribution in [3.05, 3.63) is 81.8 Å². The smallest absolute Gasteiger partial charge is 0.333 e. The van der Waals surface area contributed by atoms with Crippen LogP contribution in [-0.4, -0.2) is 26.1 Å². The zero-order valence-electron chi connectivity index (χ0n) is 17.5. The number of hydrogen-bond donors (Lipinski definition) is 3. The molecular weight excluding hydrogens is 467 g/mol. The summed E-state index contributed by atoms with van der Waals surface area (Å²) in [5, 5.41) is 7.69. The van der Waals surface area contributed by atoms with E-state index >= 15 is 0 Å². The Morgan fingerprint density at radius 1 is 1.09 bits per heavy atom. The number of nitrogens with zero attached hydrogens (tertiary/aromatic N) is 1. The number of benzene rings is 2. The number of urea groups is 1. The molecule has 33 heavy (non-hydrogen) atoms. The van der Waals surface area contributed by atoms with Gasteiger partial charge in [-0.2, -0.15) is 0 Å². The molecule has 3 N–H and O–H groups in total. The van der Waals surface area contributed by atoms with Crippen LogP contribution in [0.3, 0.4) is 0 Å². The van der Waals surface area contributed by atoms with Crippen LogP contribution < -0.4 is 20.9 Å². The maximum absolute atomic E-state index is 14.1. The van der Waals surface area contributed by atoms with Crippen LogP contribution in [0, 0.1) is 12.7 Å². The molecule has 8 nitrogen and oxygen atoms in total. The number of halogens is 1. The van der Waals surface area contributed by atoms with E-state index in [1.165, 1.54) is 28.8 Å². The van der Waals surface area contributed by atoms with Crippen LogP contribution in [0.5, 0.6) is 0 Å². The molecule has 2 aromatic heterocycles. The number of carbonyl (C=O) groups is 1. The molecule has 2 amide bonds. The van der Waals surface area contributed by atoms with Gasteiger partial charge in [0, 0.05) is 24.6 Å². The SMILES string of the molecule is CNc1cc2ccn(-c3ccc(NC(=O)NS(=O)(=O)c4cc(C)cs4)cc3)c(=O)c2cc1F. The fourth-order valence-corrected chi connectivity index (χ4v) is 5.38. The lowest BCUT2D eigenvalue weighted by molar-refractivity contribution is 0.256. The first kappa shape index (κ1) is 22.5. The maximum Gasteiger partial charge on any atom is 0.333 e. The molecule has 0 bridgehead atoms. The highest BCUT2D eigenvalue weighted by molar-refractivity contribution is 7.92. The number of sulfonamides is 1. The number of anilines is 2. The van der Waals surface area contributed by atoms with Gasteiger partial charge in [0.05, 0.1) is 11.1 Å². The molecule has 0 saturated heterocycles. The van der Waals surface area contributed by atoms with Gasteiger partial charge in [-0.15, -0.1) is 11.3 Å². The van der Waals surface area contributed by atoms with Crippen LogP contribution in [0.4, 0.5) is 20.6 Å². The summed E-state index contributed by atoms with van der Waals surface area (Å²) in [7, 11) is -2.37. The fraction of sp³-hybridized carbons (Fsp3) is 0.0909. The average Bonchev–Trinajstić information content (AvgIpc) is 3.22. The van der Waals surface area contributed by atoms with E-state index in [2.05, 4.69) is 10.6 Å². The number of nitrogens with one attached hydrogen (secondary N) is 3. The fourth-order valence-electron chi connectivity index (χ4n) is 3.24. The highest BCUT2D eigenvalue weighted by Crippen LogP contribution is 2.22. The Hall–Kier alpha value is -3.70. The van der Waals surface area contributed by atoms with E-state index in [0.717, 1.165) is 16.9 Å². The number of aromatic nitrogens is 1. The van der Waals surface area contributed by atoms with Gasteiger partial charge < -0.3 is 10.6 Å². The predicted octanol–water partition coefficient (Wildman–Crippen LogP) is 4.05. The summed E-state index contributed by atoms with van der Waals surface area (Å²) in [5.74, 6) is -0.530. The van der Waals surface area contributed by atoms with Gasteiger partial charge in [-0.3, -0.25) is 9.36 Å². The molecule has 0 saturated carbocycles. The van der Waals surface area contributed by atoms with E-state index in [-0.39, 0.29) is 9.60 Å². The van der Waals surface area contributed by atoms with Gasteiger partial charge in [0.15, 0.2) is 0 Å². The topological polar surface area (TPSA) is 109 Å². The number of aryl methyl sites for hydroxylation is 1. The molecule has 0 fully saturated rings. The zero-order valence-corrected chi connectivity index (χ0v) is 19.2. The van der Waals surface area contributed by atoms with E-state index in [9.17, 15) is 22.4 Å². The Labute approximate surface area is 192 Å². The van der Waals surface area contributed by atoms with Crippen molar-refractivity contribution in [2.45, 2.75) is 11.1 Å². The van der Waals surface area contributed by atoms with Crippen molar-refractivity contribution < 1.29 is 17.6 Å². The third kappa shape index (κ3) is 4.59. The van der Waals surface area contributed by atoms with Gasteiger partial charge in [0.2, 0.25) is 0 Å². The number of fused-ring (bicyclic) bond motifs is 1. The molecule has 4 aromatic rings. The quantitative estimate of drug-likeness (QED) is 0.394. The second-order valence-corrected chi connectivity index (χ2v) is 10.0. The minimum atomic E-state index is -3.97. The minimum Gasteiger partial charge on any atom is -0.386 e. The first-order valence-corrected chi connectivity index (χ1v) is 12.1. The number of amides is 2. The Bertz CT molecular complexity index is 1530. The van der Waals surface area contributed by atoms with E-state index < -0.39 is 27.4 Å². The molecule has 2 aromatic carbocycles. The van der Waals surface area contributed by atoms with Gasteiger partial charge in [-0.05, 0) is 71.8 Å². The molecule has 11 heteroatoms. The largest absolute Gasteiger partial charge is 0.386 e. The first-order valence-electron chi connectivity index (χ1n) is 9.70. The third-order valence-corrected chi connectivity index (χ3v) is 7.75. The molecule has 0 atom stereocenters. The Balaban J connectivity index is 1.54. The lowest BCUT2D eigenvalue weighted by atomic mass is 10.1. The van der Waals surface area contributed by atoms with Gasteiger partial charge in [0.1, 0.15) is 10.0 Å². The van der Waals surface area contributed by atoms with E-state index in [1.54, 1.807) is 49.8 Å². The number of thiophene rings is 1. The molecule has 0 aliphatic heterocycles. The van der Waals surface area contributed by atoms with E-state index in [4.69, 9.17) is 0 Å². The van der Waals surface area contributed by atoms with Crippen molar-refractivity contribution in [1.82, 2.24) is 9.29 Å². The number of hydrogen-bond acceptors (Lipinski definition) is 6. The van der Waals surface area contributed by atoms with Crippen molar-refractivity contribution in [3.8, 4) is 5.69 Å². The summed E-state index contributed by atoms with van der Waals surface area (Å²) in [6.07, 6.45) is 1.58. The van der Waals surface area contributed by atoms with Gasteiger partial charge in [-0.25, -0.2) is 22.3 Å². The van der Waals surface area contributed by atoms with Crippen molar-refractivity contribution in [1.29, 1.82) is 0 Å². The standard InChI is InChI=1S/C22H19FN4O4S2/c1-13-9-20(32-12-13)33(30,31)26-22(29)25-15-3-5-16(6-4-15)27-8-7-14-10-19(24-2)18(23)11-17(14)21(27)28/h3-12,24H,1-2H3,(H2,25,26,29). The molecule has 0 aliphatic carbocycles. The Kier molecular flexibility index (Phi) is 5.91. The molecule has 0 unspecified atom stereocenters. The van der Waals surface area contributed by atoms with Crippen molar-refractivity contribution in [2.24, 2.45) is 0 Å². The molecule has 0 spiro atoms. The Morgan fingerprint density at radius 3 is 2.45 bits per heavy atom. The van der Waals surface area contributed by atoms with Crippen LogP contribution in [-0.2, 0) is 10.0 Å². The second-order valence-electron chi connectivity index (χ2n) is 7.21. The minimum absolute atomic E-state index is 0.0412. The average molecular weight is 487 g/mol. The first-order chi connectivity index (χ1) is 15.7. The summed E-state index contributed by atoms with van der Waals surface area (Å²) in [4.78, 5) is 25.0.